The highest BCUT2D eigenvalue weighted by molar-refractivity contribution is 8.24. The lowest BCUT2D eigenvalue weighted by Crippen LogP contribution is -2.47. The van der Waals surface area contributed by atoms with Gasteiger partial charge in [-0.15, -0.1) is 10.6 Å². The molecule has 0 aromatic heterocycles. The van der Waals surface area contributed by atoms with Gasteiger partial charge in [-0.2, -0.15) is 0 Å². The van der Waals surface area contributed by atoms with Crippen LogP contribution in [0, 0.1) is 5.82 Å². The maximum Gasteiger partial charge on any atom is 0.410 e. The molecule has 4 rings (SSSR count). The summed E-state index contributed by atoms with van der Waals surface area (Å²) in [7, 11) is -7.81. The van der Waals surface area contributed by atoms with Crippen molar-refractivity contribution in [2.45, 2.75) is 72.8 Å². The van der Waals surface area contributed by atoms with E-state index in [1.165, 1.54) is 29.2 Å². The Bertz CT molecular complexity index is 1290. The smallest absolute Gasteiger partial charge is 0.410 e. The second-order valence-corrected chi connectivity index (χ2v) is 14.1. The van der Waals surface area contributed by atoms with E-state index in [2.05, 4.69) is 4.72 Å². The van der Waals surface area contributed by atoms with Gasteiger partial charge in [-0.1, -0.05) is 17.7 Å². The normalized spacial score (nSPS) is 19.1. The summed E-state index contributed by atoms with van der Waals surface area (Å²) in [4.78, 5) is 13.6. The number of rotatable bonds is 3. The van der Waals surface area contributed by atoms with E-state index in [1.54, 1.807) is 20.8 Å². The fraction of sp³-hybridized carbons (Fsp3) is 0.458. The summed E-state index contributed by atoms with van der Waals surface area (Å²) in [6.45, 7) is 5.98. The molecule has 3 N–H and O–H groups in total. The van der Waals surface area contributed by atoms with Gasteiger partial charge in [-0.3, -0.25) is 9.11 Å². The topological polar surface area (TPSA) is 116 Å². The largest absolute Gasteiger partial charge is 0.444 e. The molecule has 0 unspecified atom stereocenters. The summed E-state index contributed by atoms with van der Waals surface area (Å²) < 4.78 is 70.7. The number of carbonyl (C=O) groups excluding carboxylic acids is 1. The van der Waals surface area contributed by atoms with E-state index in [0.717, 1.165) is 6.07 Å². The molecule has 2 aliphatic heterocycles. The summed E-state index contributed by atoms with van der Waals surface area (Å²) in [6.07, 6.45) is 1.13. The van der Waals surface area contributed by atoms with Crippen LogP contribution >= 0.6 is 22.2 Å². The Balaban J connectivity index is 1.56. The number of nitrogens with one attached hydrogen (secondary N) is 1. The van der Waals surface area contributed by atoms with Crippen LogP contribution in [-0.2, 0) is 27.6 Å². The number of ether oxygens (including phenoxy) is 1. The molecule has 2 aromatic carbocycles. The summed E-state index contributed by atoms with van der Waals surface area (Å²) in [5.74, 6) is -0.613. The molecule has 2 aromatic rings. The van der Waals surface area contributed by atoms with Crippen molar-refractivity contribution in [1.82, 2.24) is 9.62 Å². The minimum absolute atomic E-state index is 0.0244. The predicted octanol–water partition coefficient (Wildman–Crippen LogP) is 5.42. The minimum Gasteiger partial charge on any atom is -0.444 e. The van der Waals surface area contributed by atoms with Gasteiger partial charge in [0.25, 0.3) is 0 Å². The van der Waals surface area contributed by atoms with Crippen molar-refractivity contribution >= 4 is 38.3 Å². The molecule has 36 heavy (non-hydrogen) atoms. The van der Waals surface area contributed by atoms with Gasteiger partial charge in [-0.05, 0) is 81.8 Å². The summed E-state index contributed by atoms with van der Waals surface area (Å²) in [5.41, 5.74) is 0.463. The van der Waals surface area contributed by atoms with Crippen LogP contribution in [0.5, 0.6) is 0 Å². The number of likely N-dealkylation sites (tertiary alicyclic amines) is 1. The Labute approximate surface area is 217 Å². The van der Waals surface area contributed by atoms with Crippen LogP contribution in [0.2, 0.25) is 5.02 Å². The van der Waals surface area contributed by atoms with Gasteiger partial charge in [-0.25, -0.2) is 22.3 Å². The lowest BCUT2D eigenvalue weighted by atomic mass is 10.0. The van der Waals surface area contributed by atoms with E-state index in [4.69, 9.17) is 16.3 Å². The number of halogens is 2. The van der Waals surface area contributed by atoms with E-state index < -0.39 is 44.2 Å². The highest BCUT2D eigenvalue weighted by Gasteiger charge is 2.34. The highest BCUT2D eigenvalue weighted by atomic mass is 35.5. The third-order valence-corrected chi connectivity index (χ3v) is 10.2. The van der Waals surface area contributed by atoms with Gasteiger partial charge in [0.1, 0.15) is 16.3 Å². The molecule has 1 saturated heterocycles. The average Bonchev–Trinajstić information content (AvgIpc) is 2.86. The number of hydrogen-bond donors (Lipinski definition) is 3. The molecule has 0 atom stereocenters. The molecule has 198 valence electrons. The Morgan fingerprint density at radius 3 is 2.36 bits per heavy atom. The van der Waals surface area contributed by atoms with Crippen LogP contribution in [-0.4, -0.2) is 53.2 Å². The number of piperidine rings is 1. The summed E-state index contributed by atoms with van der Waals surface area (Å²) in [5, 5.41) is -0.0419. The van der Waals surface area contributed by atoms with E-state index in [-0.39, 0.29) is 19.7 Å². The van der Waals surface area contributed by atoms with Crippen molar-refractivity contribution in [3.8, 4) is 0 Å². The molecule has 0 spiro atoms. The molecular weight excluding hydrogens is 531 g/mol. The standard InChI is InChI=1S/C24H30ClFN2O6S2/c1-24(2,3)34-23(29)28-10-8-18(9-11-28)27-36(32,33)22-14-21-16(12-19(22)25)5-4-15-6-7-17(26)13-20(15)35(21,30)31/h6-7,12-14,18,27,30-31H,4-5,8-11H2,1-3H3. The Morgan fingerprint density at radius 1 is 1.11 bits per heavy atom. The van der Waals surface area contributed by atoms with E-state index in [1.807, 2.05) is 0 Å². The van der Waals surface area contributed by atoms with Crippen molar-refractivity contribution in [3.63, 3.8) is 0 Å². The number of carbonyl (C=O) groups is 1. The van der Waals surface area contributed by atoms with Gasteiger partial charge in [0, 0.05) is 19.1 Å². The van der Waals surface area contributed by atoms with Crippen molar-refractivity contribution < 1.29 is 31.4 Å². The molecule has 2 aliphatic rings. The molecular formula is C24H30ClFN2O6S2. The summed E-state index contributed by atoms with van der Waals surface area (Å²) >= 11 is 6.37. The first-order valence-electron chi connectivity index (χ1n) is 11.6. The fourth-order valence-electron chi connectivity index (χ4n) is 4.42. The van der Waals surface area contributed by atoms with Crippen LogP contribution < -0.4 is 4.72 Å². The predicted molar refractivity (Wildman–Crippen MR) is 136 cm³/mol. The molecule has 0 radical (unpaired) electrons. The van der Waals surface area contributed by atoms with Crippen molar-refractivity contribution in [2.24, 2.45) is 0 Å². The number of benzene rings is 2. The second-order valence-electron chi connectivity index (χ2n) is 10.1. The van der Waals surface area contributed by atoms with Crippen LogP contribution in [0.3, 0.4) is 0 Å². The zero-order chi connectivity index (χ0) is 26.5. The maximum absolute atomic E-state index is 13.9. The maximum atomic E-state index is 13.9. The van der Waals surface area contributed by atoms with E-state index in [0.29, 0.717) is 49.9 Å². The zero-order valence-electron chi connectivity index (χ0n) is 20.3. The molecule has 0 bridgehead atoms. The molecule has 1 fully saturated rings. The molecule has 12 heteroatoms. The summed E-state index contributed by atoms with van der Waals surface area (Å²) in [6, 6.07) is 6.02. The van der Waals surface area contributed by atoms with Crippen LogP contribution in [0.4, 0.5) is 9.18 Å². The third kappa shape index (κ3) is 5.66. The highest BCUT2D eigenvalue weighted by Crippen LogP contribution is 2.60. The zero-order valence-corrected chi connectivity index (χ0v) is 22.6. The Kier molecular flexibility index (Phi) is 7.37. The van der Waals surface area contributed by atoms with Crippen LogP contribution in [0.15, 0.2) is 45.0 Å². The first kappa shape index (κ1) is 27.2. The molecule has 8 nitrogen and oxygen atoms in total. The Hall–Kier alpha value is -1.89. The second kappa shape index (κ2) is 9.77. The quantitative estimate of drug-likeness (QED) is 0.461. The monoisotopic (exact) mass is 560 g/mol. The van der Waals surface area contributed by atoms with Crippen molar-refractivity contribution in [2.75, 3.05) is 13.1 Å². The number of fused-ring (bicyclic) bond motifs is 2. The lowest BCUT2D eigenvalue weighted by Gasteiger charge is -2.35. The fourth-order valence-corrected chi connectivity index (χ4v) is 8.23. The van der Waals surface area contributed by atoms with Crippen molar-refractivity contribution in [3.05, 3.63) is 52.3 Å². The first-order chi connectivity index (χ1) is 16.7. The van der Waals surface area contributed by atoms with E-state index in [9.17, 15) is 26.7 Å². The Morgan fingerprint density at radius 2 is 1.72 bits per heavy atom. The van der Waals surface area contributed by atoms with Gasteiger partial charge in [0.2, 0.25) is 10.0 Å². The number of hydrogen-bond acceptors (Lipinski definition) is 6. The van der Waals surface area contributed by atoms with Crippen LogP contribution in [0.25, 0.3) is 0 Å². The van der Waals surface area contributed by atoms with Gasteiger partial charge < -0.3 is 9.64 Å². The number of nitrogens with zero attached hydrogens (tertiary/aromatic N) is 1. The minimum atomic E-state index is -4.14. The van der Waals surface area contributed by atoms with Gasteiger partial charge in [0.15, 0.2) is 0 Å². The van der Waals surface area contributed by atoms with Crippen molar-refractivity contribution in [1.29, 1.82) is 0 Å². The van der Waals surface area contributed by atoms with Gasteiger partial charge in [0.05, 0.1) is 14.8 Å². The van der Waals surface area contributed by atoms with Gasteiger partial charge >= 0.3 is 6.09 Å². The number of aryl methyl sites for hydroxylation is 2. The van der Waals surface area contributed by atoms with Crippen LogP contribution in [0.1, 0.15) is 44.7 Å². The third-order valence-electron chi connectivity index (χ3n) is 6.18. The molecule has 0 saturated carbocycles. The van der Waals surface area contributed by atoms with E-state index >= 15 is 0 Å². The average molecular weight is 561 g/mol. The number of sulfonamides is 1. The number of amides is 1. The SMILES string of the molecule is CC(C)(C)OC(=O)N1CCC(NS(=O)(=O)c2cc3c(cc2Cl)CCc2ccc(F)cc2S3(O)O)CC1. The lowest BCUT2D eigenvalue weighted by molar-refractivity contribution is 0.0203. The molecule has 0 aliphatic carbocycles. The molecule has 1 amide bonds. The molecule has 2 heterocycles. The first-order valence-corrected chi connectivity index (χ1v) is 15.0.